The Morgan fingerprint density at radius 1 is 1.22 bits per heavy atom. The van der Waals surface area contributed by atoms with Crippen molar-refractivity contribution in [2.45, 2.75) is 38.6 Å². The monoisotopic (exact) mass is 313 g/mol. The highest BCUT2D eigenvalue weighted by Gasteiger charge is 2.17. The van der Waals surface area contributed by atoms with Crippen LogP contribution in [0.15, 0.2) is 29.1 Å². The molecule has 5 heteroatoms. The Bertz CT molecular complexity index is 724. The molecule has 0 radical (unpaired) electrons. The minimum Gasteiger partial charge on any atom is -0.496 e. The molecular weight excluding hydrogens is 290 g/mol. The Morgan fingerprint density at radius 2 is 2.00 bits per heavy atom. The molecule has 1 heterocycles. The molecule has 0 aliphatic heterocycles. The van der Waals surface area contributed by atoms with Crippen molar-refractivity contribution >= 4 is 0 Å². The smallest absolute Gasteiger partial charge is 0.267 e. The summed E-state index contributed by atoms with van der Waals surface area (Å²) in [5, 5.41) is 10.4. The van der Waals surface area contributed by atoms with Gasteiger partial charge in [-0.1, -0.05) is 18.2 Å². The van der Waals surface area contributed by atoms with Crippen molar-refractivity contribution in [1.82, 2.24) is 15.5 Å². The third-order valence-electron chi connectivity index (χ3n) is 4.43. The van der Waals surface area contributed by atoms with Crippen LogP contribution >= 0.6 is 0 Å². The van der Waals surface area contributed by atoms with E-state index in [0.717, 1.165) is 67.8 Å². The van der Waals surface area contributed by atoms with E-state index >= 15 is 0 Å². The molecule has 1 aromatic heterocycles. The Balaban J connectivity index is 1.60. The van der Waals surface area contributed by atoms with Gasteiger partial charge in [0.05, 0.1) is 12.8 Å². The van der Waals surface area contributed by atoms with Crippen molar-refractivity contribution < 1.29 is 4.74 Å². The van der Waals surface area contributed by atoms with Crippen LogP contribution in [0.4, 0.5) is 0 Å². The number of nitrogens with one attached hydrogen (secondary N) is 2. The Hall–Kier alpha value is -2.14. The molecule has 2 aromatic rings. The van der Waals surface area contributed by atoms with Gasteiger partial charge in [0.2, 0.25) is 0 Å². The molecule has 2 N–H and O–H groups in total. The number of nitrogens with zero attached hydrogens (tertiary/aromatic N) is 1. The van der Waals surface area contributed by atoms with Crippen molar-refractivity contribution in [1.29, 1.82) is 0 Å². The summed E-state index contributed by atoms with van der Waals surface area (Å²) < 4.78 is 5.36. The second-order valence-corrected chi connectivity index (χ2v) is 5.90. The highest BCUT2D eigenvalue weighted by atomic mass is 16.5. The number of rotatable bonds is 6. The van der Waals surface area contributed by atoms with Crippen molar-refractivity contribution in [2.24, 2.45) is 0 Å². The fourth-order valence-electron chi connectivity index (χ4n) is 3.21. The minimum absolute atomic E-state index is 0.00886. The molecule has 122 valence electrons. The summed E-state index contributed by atoms with van der Waals surface area (Å²) in [6.07, 6.45) is 4.95. The van der Waals surface area contributed by atoms with Gasteiger partial charge in [-0.2, -0.15) is 5.10 Å². The summed E-state index contributed by atoms with van der Waals surface area (Å²) in [5.41, 5.74) is 4.30. The maximum Gasteiger partial charge on any atom is 0.267 e. The topological polar surface area (TPSA) is 67.0 Å². The lowest BCUT2D eigenvalue weighted by atomic mass is 9.91. The third kappa shape index (κ3) is 3.62. The van der Waals surface area contributed by atoms with E-state index in [4.69, 9.17) is 4.74 Å². The zero-order valence-corrected chi connectivity index (χ0v) is 13.5. The Labute approximate surface area is 136 Å². The number of ether oxygens (including phenoxy) is 1. The minimum atomic E-state index is -0.00886. The molecule has 0 spiro atoms. The van der Waals surface area contributed by atoms with Gasteiger partial charge in [0, 0.05) is 30.6 Å². The van der Waals surface area contributed by atoms with Gasteiger partial charge in [-0.05, 0) is 37.3 Å². The van der Waals surface area contributed by atoms with E-state index in [2.05, 4.69) is 21.6 Å². The van der Waals surface area contributed by atoms with Crippen LogP contribution in [0.5, 0.6) is 5.75 Å². The van der Waals surface area contributed by atoms with E-state index < -0.39 is 0 Å². The van der Waals surface area contributed by atoms with E-state index in [1.165, 1.54) is 5.56 Å². The molecule has 1 aliphatic rings. The first-order valence-electron chi connectivity index (χ1n) is 8.21. The summed E-state index contributed by atoms with van der Waals surface area (Å²) in [5.74, 6) is 0.902. The number of hydrogen-bond donors (Lipinski definition) is 2. The number of aromatic nitrogens is 2. The van der Waals surface area contributed by atoms with Gasteiger partial charge in [-0.25, -0.2) is 5.10 Å². The Kier molecular flexibility index (Phi) is 5.08. The summed E-state index contributed by atoms with van der Waals surface area (Å²) in [7, 11) is 1.69. The third-order valence-corrected chi connectivity index (χ3v) is 4.43. The maximum atomic E-state index is 11.9. The van der Waals surface area contributed by atoms with E-state index in [-0.39, 0.29) is 5.56 Å². The number of aromatic amines is 1. The number of benzene rings is 1. The van der Waals surface area contributed by atoms with Crippen LogP contribution in [-0.2, 0) is 25.8 Å². The lowest BCUT2D eigenvalue weighted by Crippen LogP contribution is -2.25. The number of hydrogen-bond acceptors (Lipinski definition) is 4. The fourth-order valence-corrected chi connectivity index (χ4v) is 3.21. The van der Waals surface area contributed by atoms with Crippen molar-refractivity contribution in [3.05, 3.63) is 57.0 Å². The summed E-state index contributed by atoms with van der Waals surface area (Å²) in [6, 6.07) is 8.01. The first-order valence-corrected chi connectivity index (χ1v) is 8.21. The molecule has 0 atom stereocenters. The molecular formula is C18H23N3O2. The van der Waals surface area contributed by atoms with Crippen molar-refractivity contribution in [3.8, 4) is 5.75 Å². The normalized spacial score (nSPS) is 13.6. The van der Waals surface area contributed by atoms with Crippen LogP contribution in [0.3, 0.4) is 0 Å². The number of fused-ring (bicyclic) bond motifs is 1. The fraction of sp³-hybridized carbons (Fsp3) is 0.444. The molecule has 3 rings (SSSR count). The van der Waals surface area contributed by atoms with Gasteiger partial charge in [-0.15, -0.1) is 0 Å². The number of methoxy groups -OCH3 is 1. The lowest BCUT2D eigenvalue weighted by molar-refractivity contribution is 0.407. The van der Waals surface area contributed by atoms with Crippen molar-refractivity contribution in [3.63, 3.8) is 0 Å². The van der Waals surface area contributed by atoms with Crippen LogP contribution in [-0.4, -0.2) is 23.9 Å². The molecule has 0 bridgehead atoms. The van der Waals surface area contributed by atoms with Crippen LogP contribution in [0.25, 0.3) is 0 Å². The van der Waals surface area contributed by atoms with Crippen LogP contribution < -0.4 is 15.6 Å². The zero-order chi connectivity index (χ0) is 16.1. The van der Waals surface area contributed by atoms with Crippen LogP contribution in [0, 0.1) is 0 Å². The van der Waals surface area contributed by atoms with Crippen LogP contribution in [0.2, 0.25) is 0 Å². The molecule has 1 aromatic carbocycles. The van der Waals surface area contributed by atoms with Gasteiger partial charge in [0.25, 0.3) is 5.56 Å². The molecule has 0 saturated heterocycles. The summed E-state index contributed by atoms with van der Waals surface area (Å²) >= 11 is 0. The van der Waals surface area contributed by atoms with Gasteiger partial charge in [0.1, 0.15) is 5.75 Å². The largest absolute Gasteiger partial charge is 0.496 e. The SMILES string of the molecule is COc1ccccc1CNCCc1n[nH]c(=O)c2c1CCCC2. The first kappa shape index (κ1) is 15.7. The van der Waals surface area contributed by atoms with Crippen molar-refractivity contribution in [2.75, 3.05) is 13.7 Å². The first-order chi connectivity index (χ1) is 11.3. The van der Waals surface area contributed by atoms with Gasteiger partial charge >= 0.3 is 0 Å². The predicted octanol–water partition coefficient (Wildman–Crippen LogP) is 1.99. The molecule has 0 fully saturated rings. The van der Waals surface area contributed by atoms with Gasteiger partial charge < -0.3 is 10.1 Å². The summed E-state index contributed by atoms with van der Waals surface area (Å²) in [6.45, 7) is 1.58. The van der Waals surface area contributed by atoms with E-state index in [9.17, 15) is 4.79 Å². The second-order valence-electron chi connectivity index (χ2n) is 5.90. The number of H-pyrrole nitrogens is 1. The maximum absolute atomic E-state index is 11.9. The van der Waals surface area contributed by atoms with Crippen LogP contribution in [0.1, 0.15) is 35.2 Å². The average molecular weight is 313 g/mol. The quantitative estimate of drug-likeness (QED) is 0.800. The average Bonchev–Trinajstić information content (AvgIpc) is 2.61. The molecule has 0 amide bonds. The standard InChI is InChI=1S/C18H23N3O2/c1-23-17-9-5-2-6-13(17)12-19-11-10-16-14-7-3-4-8-15(14)18(22)21-20-16/h2,5-6,9,19H,3-4,7-8,10-12H2,1H3,(H,21,22). The van der Waals surface area contributed by atoms with Gasteiger partial charge in [0.15, 0.2) is 0 Å². The highest BCUT2D eigenvalue weighted by molar-refractivity contribution is 5.33. The highest BCUT2D eigenvalue weighted by Crippen LogP contribution is 2.20. The van der Waals surface area contributed by atoms with E-state index in [1.807, 2.05) is 18.2 Å². The molecule has 0 unspecified atom stereocenters. The molecule has 1 aliphatic carbocycles. The summed E-state index contributed by atoms with van der Waals surface area (Å²) in [4.78, 5) is 11.9. The zero-order valence-electron chi connectivity index (χ0n) is 13.5. The van der Waals surface area contributed by atoms with Gasteiger partial charge in [-0.3, -0.25) is 4.79 Å². The predicted molar refractivity (Wildman–Crippen MR) is 89.9 cm³/mol. The number of para-hydroxylation sites is 1. The van der Waals surface area contributed by atoms with E-state index in [0.29, 0.717) is 0 Å². The lowest BCUT2D eigenvalue weighted by Gasteiger charge is -2.17. The molecule has 23 heavy (non-hydrogen) atoms. The Morgan fingerprint density at radius 3 is 2.83 bits per heavy atom. The van der Waals surface area contributed by atoms with E-state index in [1.54, 1.807) is 7.11 Å². The molecule has 0 saturated carbocycles. The molecule has 5 nitrogen and oxygen atoms in total. The second kappa shape index (κ2) is 7.42.